The van der Waals surface area contributed by atoms with Crippen molar-refractivity contribution in [2.45, 2.75) is 0 Å². The summed E-state index contributed by atoms with van der Waals surface area (Å²) in [6.45, 7) is 0. The maximum atomic E-state index is 12.6. The number of rotatable bonds is 7. The van der Waals surface area contributed by atoms with E-state index in [-0.39, 0.29) is 5.78 Å². The van der Waals surface area contributed by atoms with Gasteiger partial charge < -0.3 is 19.2 Å². The van der Waals surface area contributed by atoms with E-state index in [1.54, 1.807) is 62.8 Å². The largest absolute Gasteiger partial charge is 0.493 e. The third kappa shape index (κ3) is 4.54. The van der Waals surface area contributed by atoms with Crippen LogP contribution in [0.5, 0.6) is 11.5 Å². The van der Waals surface area contributed by atoms with Gasteiger partial charge in [-0.1, -0.05) is 24.3 Å². The Morgan fingerprint density at radius 3 is 2.41 bits per heavy atom. The molecule has 0 fully saturated rings. The zero-order chi connectivity index (χ0) is 22.5. The molecule has 160 valence electrons. The van der Waals surface area contributed by atoms with E-state index in [4.69, 9.17) is 13.9 Å². The van der Waals surface area contributed by atoms with Crippen LogP contribution in [0, 0.1) is 0 Å². The van der Waals surface area contributed by atoms with Gasteiger partial charge in [-0.3, -0.25) is 4.79 Å². The fraction of sp³-hybridized carbons (Fsp3) is 0.0769. The summed E-state index contributed by atoms with van der Waals surface area (Å²) < 4.78 is 15.7. The number of carbonyl (C=O) groups excluding carboxylic acids is 1. The summed E-state index contributed by atoms with van der Waals surface area (Å²) >= 11 is 0. The van der Waals surface area contributed by atoms with Gasteiger partial charge in [0.15, 0.2) is 17.3 Å². The first kappa shape index (κ1) is 20.9. The first-order chi connectivity index (χ1) is 15.6. The molecule has 0 saturated heterocycles. The van der Waals surface area contributed by atoms with Gasteiger partial charge in [-0.2, -0.15) is 0 Å². The number of carbonyl (C=O) groups is 1. The minimum atomic E-state index is -0.432. The molecule has 6 nitrogen and oxygen atoms in total. The lowest BCUT2D eigenvalue weighted by Crippen LogP contribution is -2.01. The molecule has 0 spiro atoms. The Labute approximate surface area is 184 Å². The van der Waals surface area contributed by atoms with Gasteiger partial charge in [0, 0.05) is 22.7 Å². The van der Waals surface area contributed by atoms with Crippen molar-refractivity contribution in [3.63, 3.8) is 0 Å². The third-order valence-electron chi connectivity index (χ3n) is 4.93. The summed E-state index contributed by atoms with van der Waals surface area (Å²) in [4.78, 5) is 24.4. The van der Waals surface area contributed by atoms with Crippen molar-refractivity contribution >= 4 is 34.2 Å². The highest BCUT2D eigenvalue weighted by Gasteiger charge is 2.07. The maximum Gasteiger partial charge on any atom is 0.338 e. The predicted molar refractivity (Wildman–Crippen MR) is 125 cm³/mol. The van der Waals surface area contributed by atoms with Crippen LogP contribution >= 0.6 is 0 Å². The predicted octanol–water partition coefficient (Wildman–Crippen LogP) is 5.45. The van der Waals surface area contributed by atoms with E-state index in [0.29, 0.717) is 28.3 Å². The van der Waals surface area contributed by atoms with Crippen molar-refractivity contribution in [2.24, 2.45) is 0 Å². The van der Waals surface area contributed by atoms with Gasteiger partial charge in [0.25, 0.3) is 0 Å². The minimum Gasteiger partial charge on any atom is -0.493 e. The molecular formula is C26H21NO5. The maximum absolute atomic E-state index is 12.6. The van der Waals surface area contributed by atoms with Gasteiger partial charge in [0.05, 0.1) is 19.9 Å². The number of methoxy groups -OCH3 is 2. The van der Waals surface area contributed by atoms with Crippen molar-refractivity contribution in [3.05, 3.63) is 100 Å². The Balaban J connectivity index is 1.50. The third-order valence-corrected chi connectivity index (χ3v) is 4.93. The second-order valence-electron chi connectivity index (χ2n) is 6.99. The second-order valence-corrected chi connectivity index (χ2v) is 6.99. The van der Waals surface area contributed by atoms with Crippen molar-refractivity contribution in [1.82, 2.24) is 0 Å². The van der Waals surface area contributed by atoms with Crippen LogP contribution in [0.15, 0.2) is 88.1 Å². The lowest BCUT2D eigenvalue weighted by molar-refractivity contribution is 0.104. The molecule has 1 aromatic heterocycles. The normalized spacial score (nSPS) is 10.9. The Morgan fingerprint density at radius 1 is 0.906 bits per heavy atom. The highest BCUT2D eigenvalue weighted by molar-refractivity contribution is 6.07. The number of anilines is 2. The summed E-state index contributed by atoms with van der Waals surface area (Å²) in [5.41, 5.74) is 2.84. The number of nitrogens with one attached hydrogen (secondary N) is 1. The van der Waals surface area contributed by atoms with Gasteiger partial charge in [-0.15, -0.1) is 0 Å². The summed E-state index contributed by atoms with van der Waals surface area (Å²) in [5.74, 6) is 1.10. The number of ether oxygens (including phenoxy) is 2. The van der Waals surface area contributed by atoms with Crippen LogP contribution in [0.3, 0.4) is 0 Å². The topological polar surface area (TPSA) is 77.8 Å². The molecule has 4 rings (SSSR count). The summed E-state index contributed by atoms with van der Waals surface area (Å²) in [7, 11) is 3.14. The summed E-state index contributed by atoms with van der Waals surface area (Å²) in [6, 6.07) is 21.2. The molecule has 0 bridgehead atoms. The highest BCUT2D eigenvalue weighted by atomic mass is 16.5. The van der Waals surface area contributed by atoms with Gasteiger partial charge in [0.2, 0.25) is 0 Å². The van der Waals surface area contributed by atoms with E-state index in [2.05, 4.69) is 5.32 Å². The monoisotopic (exact) mass is 427 g/mol. The van der Waals surface area contributed by atoms with Crippen LogP contribution < -0.4 is 20.4 Å². The Hall–Kier alpha value is -4.32. The first-order valence-electron chi connectivity index (χ1n) is 9.92. The number of hydrogen-bond acceptors (Lipinski definition) is 6. The van der Waals surface area contributed by atoms with Gasteiger partial charge in [-0.25, -0.2) is 4.79 Å². The van der Waals surface area contributed by atoms with E-state index in [9.17, 15) is 9.59 Å². The van der Waals surface area contributed by atoms with Crippen molar-refractivity contribution in [2.75, 3.05) is 19.5 Å². The van der Waals surface area contributed by atoms with Crippen LogP contribution in [-0.4, -0.2) is 20.0 Å². The molecule has 0 radical (unpaired) electrons. The zero-order valence-electron chi connectivity index (χ0n) is 17.6. The van der Waals surface area contributed by atoms with Crippen LogP contribution in [0.2, 0.25) is 0 Å². The van der Waals surface area contributed by atoms with Crippen molar-refractivity contribution < 1.29 is 18.7 Å². The fourth-order valence-electron chi connectivity index (χ4n) is 3.31. The smallest absolute Gasteiger partial charge is 0.338 e. The molecule has 0 aliphatic carbocycles. The van der Waals surface area contributed by atoms with Gasteiger partial charge in [0.1, 0.15) is 5.58 Å². The summed E-state index contributed by atoms with van der Waals surface area (Å²) in [6.07, 6.45) is 3.24. The van der Waals surface area contributed by atoms with E-state index < -0.39 is 5.63 Å². The average molecular weight is 427 g/mol. The molecule has 1 heterocycles. The molecular weight excluding hydrogens is 406 g/mol. The molecule has 1 N–H and O–H groups in total. The highest BCUT2D eigenvalue weighted by Crippen LogP contribution is 2.28. The molecule has 0 saturated carbocycles. The van der Waals surface area contributed by atoms with E-state index in [1.807, 2.05) is 24.3 Å². The zero-order valence-corrected chi connectivity index (χ0v) is 17.6. The fourth-order valence-corrected chi connectivity index (χ4v) is 3.31. The average Bonchev–Trinajstić information content (AvgIpc) is 2.82. The molecule has 3 aromatic carbocycles. The standard InChI is InChI=1S/C26H21NO5/c1-30-24-14-8-17(15-25(24)31-2)7-13-22(28)18-9-11-19(12-10-18)27-21-16-26(29)32-23-6-4-3-5-20(21)23/h3-16,27H,1-2H3/b13-7+. The molecule has 0 atom stereocenters. The Bertz CT molecular complexity index is 1350. The number of ketones is 1. The lowest BCUT2D eigenvalue weighted by Gasteiger charge is -2.09. The van der Waals surface area contributed by atoms with Crippen LogP contribution in [-0.2, 0) is 0 Å². The second kappa shape index (κ2) is 9.22. The molecule has 0 aliphatic rings. The molecule has 0 aliphatic heterocycles. The van der Waals surface area contributed by atoms with Crippen molar-refractivity contribution in [3.8, 4) is 11.5 Å². The number of benzene rings is 3. The van der Waals surface area contributed by atoms with E-state index >= 15 is 0 Å². The lowest BCUT2D eigenvalue weighted by atomic mass is 10.1. The van der Waals surface area contributed by atoms with E-state index in [1.165, 1.54) is 12.1 Å². The minimum absolute atomic E-state index is 0.128. The van der Waals surface area contributed by atoms with Crippen LogP contribution in [0.1, 0.15) is 15.9 Å². The number of para-hydroxylation sites is 1. The molecule has 32 heavy (non-hydrogen) atoms. The Kier molecular flexibility index (Phi) is 6.03. The van der Waals surface area contributed by atoms with Crippen molar-refractivity contribution in [1.29, 1.82) is 0 Å². The Morgan fingerprint density at radius 2 is 1.66 bits per heavy atom. The van der Waals surface area contributed by atoms with Gasteiger partial charge in [-0.05, 0) is 60.2 Å². The van der Waals surface area contributed by atoms with Gasteiger partial charge >= 0.3 is 5.63 Å². The quantitative estimate of drug-likeness (QED) is 0.240. The summed E-state index contributed by atoms with van der Waals surface area (Å²) in [5, 5.41) is 4.02. The van der Waals surface area contributed by atoms with E-state index in [0.717, 1.165) is 16.6 Å². The first-order valence-corrected chi connectivity index (χ1v) is 9.92. The molecule has 0 unspecified atom stereocenters. The number of allylic oxidation sites excluding steroid dienone is 1. The SMILES string of the molecule is COc1ccc(/C=C/C(=O)c2ccc(Nc3cc(=O)oc4ccccc34)cc2)cc1OC. The molecule has 0 amide bonds. The number of fused-ring (bicyclic) bond motifs is 1. The van der Waals surface area contributed by atoms with Crippen LogP contribution in [0.4, 0.5) is 11.4 Å². The number of hydrogen-bond donors (Lipinski definition) is 1. The molecule has 6 heteroatoms. The molecule has 4 aromatic rings. The van der Waals surface area contributed by atoms with Crippen LogP contribution in [0.25, 0.3) is 17.0 Å².